The minimum absolute atomic E-state index is 0.243. The van der Waals surface area contributed by atoms with Crippen LogP contribution in [0.4, 0.5) is 4.79 Å². The largest absolute Gasteiger partial charge is 0.482 e. The Balaban J connectivity index is 1.62. The number of carbonyl (C=O) groups excluding carboxylic acids is 1. The van der Waals surface area contributed by atoms with Crippen LogP contribution in [0.5, 0.6) is 5.75 Å². The van der Waals surface area contributed by atoms with Crippen LogP contribution >= 0.6 is 0 Å². The molecule has 0 radical (unpaired) electrons. The lowest BCUT2D eigenvalue weighted by atomic mass is 9.86. The van der Waals surface area contributed by atoms with Crippen LogP contribution in [0.2, 0.25) is 0 Å². The Kier molecular flexibility index (Phi) is 2.88. The first-order valence-electron chi connectivity index (χ1n) is 6.98. The van der Waals surface area contributed by atoms with Gasteiger partial charge < -0.3 is 14.4 Å². The second kappa shape index (κ2) is 4.36. The lowest BCUT2D eigenvalue weighted by Gasteiger charge is -2.51. The van der Waals surface area contributed by atoms with Gasteiger partial charge in [0.05, 0.1) is 18.8 Å². The maximum atomic E-state index is 11.9. The van der Waals surface area contributed by atoms with Crippen molar-refractivity contribution in [3.8, 4) is 5.75 Å². The summed E-state index contributed by atoms with van der Waals surface area (Å²) in [6.45, 7) is 6.81. The fourth-order valence-corrected chi connectivity index (χ4v) is 2.66. The molecule has 1 aromatic heterocycles. The van der Waals surface area contributed by atoms with E-state index in [0.717, 1.165) is 24.3 Å². The molecule has 2 aliphatic heterocycles. The highest BCUT2D eigenvalue weighted by molar-refractivity contribution is 5.69. The number of aryl methyl sites for hydroxylation is 1. The summed E-state index contributed by atoms with van der Waals surface area (Å²) < 4.78 is 11.4. The van der Waals surface area contributed by atoms with Crippen molar-refractivity contribution in [3.63, 3.8) is 0 Å². The number of nitrogens with zero attached hydrogens (tertiary/aromatic N) is 2. The number of ether oxygens (including phenoxy) is 2. The minimum atomic E-state index is -0.455. The number of likely N-dealkylation sites (tertiary alicyclic amines) is 1. The summed E-state index contributed by atoms with van der Waals surface area (Å²) >= 11 is 0. The summed E-state index contributed by atoms with van der Waals surface area (Å²) in [4.78, 5) is 18.0. The molecule has 0 unspecified atom stereocenters. The average molecular weight is 276 g/mol. The molecule has 2 aliphatic rings. The molecule has 1 aromatic rings. The van der Waals surface area contributed by atoms with E-state index in [-0.39, 0.29) is 11.7 Å². The predicted molar refractivity (Wildman–Crippen MR) is 73.7 cm³/mol. The number of rotatable bonds is 0. The molecule has 1 saturated heterocycles. The van der Waals surface area contributed by atoms with Crippen LogP contribution in [0.3, 0.4) is 0 Å². The third kappa shape index (κ3) is 2.44. The third-order valence-electron chi connectivity index (χ3n) is 3.60. The van der Waals surface area contributed by atoms with E-state index in [1.807, 2.05) is 32.9 Å². The quantitative estimate of drug-likeness (QED) is 0.730. The second-order valence-corrected chi connectivity index (χ2v) is 6.57. The fraction of sp³-hybridized carbons (Fsp3) is 0.600. The molecule has 1 fully saturated rings. The summed E-state index contributed by atoms with van der Waals surface area (Å²) in [5.74, 6) is 0.850. The molecule has 5 nitrogen and oxygen atoms in total. The van der Waals surface area contributed by atoms with Gasteiger partial charge in [-0.25, -0.2) is 4.79 Å². The Bertz CT molecular complexity index is 530. The topological polar surface area (TPSA) is 51.7 Å². The van der Waals surface area contributed by atoms with Crippen LogP contribution in [-0.2, 0) is 11.2 Å². The van der Waals surface area contributed by atoms with E-state index in [2.05, 4.69) is 4.98 Å². The number of fused-ring (bicyclic) bond motifs is 1. The van der Waals surface area contributed by atoms with Gasteiger partial charge in [-0.15, -0.1) is 0 Å². The molecule has 3 rings (SSSR count). The van der Waals surface area contributed by atoms with E-state index < -0.39 is 5.60 Å². The highest BCUT2D eigenvalue weighted by atomic mass is 16.6. The Morgan fingerprint density at radius 2 is 2.20 bits per heavy atom. The Hall–Kier alpha value is -1.78. The first-order chi connectivity index (χ1) is 9.37. The van der Waals surface area contributed by atoms with E-state index in [4.69, 9.17) is 9.47 Å². The van der Waals surface area contributed by atoms with Crippen LogP contribution in [0.25, 0.3) is 0 Å². The molecule has 1 spiro atoms. The average Bonchev–Trinajstić information content (AvgIpc) is 2.33. The summed E-state index contributed by atoms with van der Waals surface area (Å²) in [7, 11) is 0. The van der Waals surface area contributed by atoms with E-state index in [9.17, 15) is 4.79 Å². The van der Waals surface area contributed by atoms with Crippen molar-refractivity contribution in [1.82, 2.24) is 9.88 Å². The molecule has 20 heavy (non-hydrogen) atoms. The van der Waals surface area contributed by atoms with Crippen LogP contribution in [0.15, 0.2) is 18.3 Å². The summed E-state index contributed by atoms with van der Waals surface area (Å²) in [6.07, 6.45) is 3.33. The highest BCUT2D eigenvalue weighted by Crippen LogP contribution is 2.38. The molecule has 108 valence electrons. The minimum Gasteiger partial charge on any atom is -0.482 e. The van der Waals surface area contributed by atoms with Gasteiger partial charge in [0.15, 0.2) is 0 Å². The van der Waals surface area contributed by atoms with E-state index in [0.29, 0.717) is 13.1 Å². The number of pyridine rings is 1. The van der Waals surface area contributed by atoms with Gasteiger partial charge in [-0.1, -0.05) is 0 Å². The maximum absolute atomic E-state index is 11.9. The molecular weight excluding hydrogens is 256 g/mol. The van der Waals surface area contributed by atoms with E-state index >= 15 is 0 Å². The van der Waals surface area contributed by atoms with Gasteiger partial charge in [-0.3, -0.25) is 4.98 Å². The number of aromatic nitrogens is 1. The smallest absolute Gasteiger partial charge is 0.410 e. The van der Waals surface area contributed by atoms with Crippen molar-refractivity contribution in [2.24, 2.45) is 0 Å². The predicted octanol–water partition coefficient (Wildman–Crippen LogP) is 2.40. The first-order valence-corrected chi connectivity index (χ1v) is 6.98. The molecule has 1 amide bonds. The lowest BCUT2D eigenvalue weighted by molar-refractivity contribution is -0.0918. The van der Waals surface area contributed by atoms with Gasteiger partial charge >= 0.3 is 6.09 Å². The standard InChI is InChI=1S/C15H20N2O3/c1-14(2,3)20-13(18)17-9-15(10-17)7-6-11-12(19-15)5-4-8-16-11/h4-5,8H,6-7,9-10H2,1-3H3. The van der Waals surface area contributed by atoms with Gasteiger partial charge in [0.25, 0.3) is 0 Å². The van der Waals surface area contributed by atoms with Crippen LogP contribution in [0, 0.1) is 0 Å². The molecule has 0 aromatic carbocycles. The van der Waals surface area contributed by atoms with Crippen molar-refractivity contribution in [3.05, 3.63) is 24.0 Å². The monoisotopic (exact) mass is 276 g/mol. The van der Waals surface area contributed by atoms with Crippen molar-refractivity contribution in [1.29, 1.82) is 0 Å². The maximum Gasteiger partial charge on any atom is 0.410 e. The van der Waals surface area contributed by atoms with Crippen LogP contribution < -0.4 is 4.74 Å². The van der Waals surface area contributed by atoms with Crippen molar-refractivity contribution >= 4 is 6.09 Å². The van der Waals surface area contributed by atoms with Gasteiger partial charge in [0.2, 0.25) is 0 Å². The van der Waals surface area contributed by atoms with Crippen molar-refractivity contribution in [2.45, 2.75) is 44.8 Å². The zero-order valence-corrected chi connectivity index (χ0v) is 12.2. The van der Waals surface area contributed by atoms with E-state index in [1.165, 1.54) is 0 Å². The molecule has 0 atom stereocenters. The third-order valence-corrected chi connectivity index (χ3v) is 3.60. The number of carbonyl (C=O) groups is 1. The Morgan fingerprint density at radius 3 is 2.90 bits per heavy atom. The first kappa shape index (κ1) is 13.2. The highest BCUT2D eigenvalue weighted by Gasteiger charge is 2.50. The van der Waals surface area contributed by atoms with Crippen molar-refractivity contribution in [2.75, 3.05) is 13.1 Å². The molecule has 5 heteroatoms. The fourth-order valence-electron chi connectivity index (χ4n) is 2.66. The van der Waals surface area contributed by atoms with Crippen LogP contribution in [-0.4, -0.2) is 40.3 Å². The van der Waals surface area contributed by atoms with Crippen molar-refractivity contribution < 1.29 is 14.3 Å². The molecule has 0 saturated carbocycles. The lowest BCUT2D eigenvalue weighted by Crippen LogP contribution is -2.67. The number of amides is 1. The Labute approximate surface area is 118 Å². The number of hydrogen-bond acceptors (Lipinski definition) is 4. The summed E-state index contributed by atoms with van der Waals surface area (Å²) in [5.41, 5.74) is 0.310. The molecule has 3 heterocycles. The van der Waals surface area contributed by atoms with Crippen LogP contribution in [0.1, 0.15) is 32.9 Å². The van der Waals surface area contributed by atoms with Gasteiger partial charge in [0, 0.05) is 6.20 Å². The molecular formula is C15H20N2O3. The molecule has 0 aliphatic carbocycles. The summed E-state index contributed by atoms with van der Waals surface area (Å²) in [6, 6.07) is 3.82. The molecule has 0 bridgehead atoms. The van der Waals surface area contributed by atoms with Gasteiger partial charge in [-0.05, 0) is 45.7 Å². The summed E-state index contributed by atoms with van der Waals surface area (Å²) in [5, 5.41) is 0. The zero-order valence-electron chi connectivity index (χ0n) is 12.2. The second-order valence-electron chi connectivity index (χ2n) is 6.57. The zero-order chi connectivity index (χ0) is 14.4. The Morgan fingerprint density at radius 1 is 1.45 bits per heavy atom. The normalized spacial score (nSPS) is 19.9. The SMILES string of the molecule is CC(C)(C)OC(=O)N1CC2(CCc3ncccc3O2)C1. The number of hydrogen-bond donors (Lipinski definition) is 0. The van der Waals surface area contributed by atoms with Gasteiger partial charge in [0.1, 0.15) is 17.0 Å². The van der Waals surface area contributed by atoms with E-state index in [1.54, 1.807) is 11.1 Å². The van der Waals surface area contributed by atoms with Gasteiger partial charge in [-0.2, -0.15) is 0 Å². The molecule has 0 N–H and O–H groups in total.